The fourth-order valence-electron chi connectivity index (χ4n) is 1.00. The highest BCUT2D eigenvalue weighted by Gasteiger charge is 2.21. The molecule has 0 spiro atoms. The molecule has 0 aromatic carbocycles. The van der Waals surface area contributed by atoms with Gasteiger partial charge in [-0.05, 0) is 54.4 Å². The molecule has 0 amide bonds. The quantitative estimate of drug-likeness (QED) is 0.339. The van der Waals surface area contributed by atoms with Crippen molar-refractivity contribution in [2.24, 2.45) is 0 Å². The maximum atomic E-state index is 10.9. The molecule has 0 aliphatic carbocycles. The molecule has 0 bridgehead atoms. The minimum absolute atomic E-state index is 0.283. The lowest BCUT2D eigenvalue weighted by Crippen LogP contribution is -2.28. The van der Waals surface area contributed by atoms with Crippen molar-refractivity contribution in [3.63, 3.8) is 0 Å². The molecule has 6 heteroatoms. The largest absolute Gasteiger partial charge is 0.540 e. The van der Waals surface area contributed by atoms with Crippen molar-refractivity contribution in [2.75, 3.05) is 13.2 Å². The van der Waals surface area contributed by atoms with E-state index in [1.165, 1.54) is 0 Å². The zero-order valence-electron chi connectivity index (χ0n) is 14.3. The van der Waals surface area contributed by atoms with E-state index in [-0.39, 0.29) is 13.2 Å². The topological polar surface area (TPSA) is 85.2 Å². The summed E-state index contributed by atoms with van der Waals surface area (Å²) in [6.45, 7) is 11.2. The van der Waals surface area contributed by atoms with Crippen LogP contribution in [0.2, 0.25) is 0 Å². The summed E-state index contributed by atoms with van der Waals surface area (Å²) in [5.41, 5.74) is -1.07. The molecule has 0 aromatic rings. The first kappa shape index (κ1) is 22.4. The lowest BCUT2D eigenvalue weighted by molar-refractivity contribution is -0.315. The van der Waals surface area contributed by atoms with E-state index in [0.717, 1.165) is 25.7 Å². The van der Waals surface area contributed by atoms with Crippen LogP contribution in [0.4, 0.5) is 4.79 Å². The Morgan fingerprint density at radius 2 is 1.24 bits per heavy atom. The molecule has 21 heavy (non-hydrogen) atoms. The molecule has 0 aliphatic rings. The molecule has 6 nitrogen and oxygen atoms in total. The van der Waals surface area contributed by atoms with Gasteiger partial charge < -0.3 is 14.9 Å². The lowest BCUT2D eigenvalue weighted by Gasteiger charge is -2.21. The van der Waals surface area contributed by atoms with Crippen LogP contribution in [0.3, 0.4) is 0 Å². The average molecular weight is 308 g/mol. The zero-order chi connectivity index (χ0) is 16.9. The molecule has 0 heterocycles. The Labute approximate surface area is 128 Å². The fourth-order valence-corrected chi connectivity index (χ4v) is 1.00. The van der Waals surface area contributed by atoms with Gasteiger partial charge in [0.1, 0.15) is 11.2 Å². The second kappa shape index (κ2) is 11.8. The molecule has 0 radical (unpaired) electrons. The molecule has 0 aromatic heterocycles. The van der Waals surface area contributed by atoms with Crippen molar-refractivity contribution in [1.29, 1.82) is 0 Å². The predicted octanol–water partition coefficient (Wildman–Crippen LogP) is 3.20. The van der Waals surface area contributed by atoms with Crippen LogP contribution in [0.15, 0.2) is 0 Å². The van der Waals surface area contributed by atoms with Crippen LogP contribution in [-0.2, 0) is 14.5 Å². The van der Waals surface area contributed by atoms with E-state index in [1.54, 1.807) is 41.5 Å². The van der Waals surface area contributed by atoms with Crippen molar-refractivity contribution in [3.8, 4) is 0 Å². The Balaban J connectivity index is 0. The van der Waals surface area contributed by atoms with Gasteiger partial charge in [-0.2, -0.15) is 4.89 Å². The number of carbonyl (C=O) groups is 1. The monoisotopic (exact) mass is 308 g/mol. The van der Waals surface area contributed by atoms with Gasteiger partial charge in [-0.25, -0.2) is 4.79 Å². The Morgan fingerprint density at radius 1 is 0.810 bits per heavy atom. The summed E-state index contributed by atoms with van der Waals surface area (Å²) in [6.07, 6.45) is 3.01. The van der Waals surface area contributed by atoms with Crippen LogP contribution in [-0.4, -0.2) is 40.8 Å². The first-order valence-electron chi connectivity index (χ1n) is 7.32. The molecule has 0 atom stereocenters. The van der Waals surface area contributed by atoms with Crippen LogP contribution in [0, 0.1) is 0 Å². The zero-order valence-corrected chi connectivity index (χ0v) is 14.3. The summed E-state index contributed by atoms with van der Waals surface area (Å²) in [5, 5.41) is 16.6. The van der Waals surface area contributed by atoms with Gasteiger partial charge in [0.15, 0.2) is 0 Å². The molecule has 0 unspecified atom stereocenters. The van der Waals surface area contributed by atoms with Gasteiger partial charge in [0.05, 0.1) is 0 Å². The maximum absolute atomic E-state index is 10.9. The van der Waals surface area contributed by atoms with Crippen molar-refractivity contribution in [2.45, 2.75) is 78.4 Å². The maximum Gasteiger partial charge on any atom is 0.540 e. The number of aliphatic hydroxyl groups excluding tert-OH is 2. The minimum atomic E-state index is -0.817. The summed E-state index contributed by atoms with van der Waals surface area (Å²) in [7, 11) is 0. The van der Waals surface area contributed by atoms with Crippen LogP contribution < -0.4 is 0 Å². The summed E-state index contributed by atoms with van der Waals surface area (Å²) < 4.78 is 4.85. The molecule has 0 saturated heterocycles. The summed E-state index contributed by atoms with van der Waals surface area (Å²) in [5.74, 6) is 0. The third-order valence-corrected chi connectivity index (χ3v) is 1.82. The standard InChI is InChI=1S/C9H18O4.C6H14O2/c1-8(2,3)11-7(10)12-13-9(4,5)6;7-5-3-1-2-4-6-8/h1-6H3;7-8H,1-6H2. The third-order valence-electron chi connectivity index (χ3n) is 1.82. The van der Waals surface area contributed by atoms with Gasteiger partial charge in [-0.3, -0.25) is 4.89 Å². The molecule has 0 rings (SSSR count). The number of aliphatic hydroxyl groups is 2. The van der Waals surface area contributed by atoms with Crippen LogP contribution in [0.5, 0.6) is 0 Å². The van der Waals surface area contributed by atoms with E-state index in [9.17, 15) is 4.79 Å². The van der Waals surface area contributed by atoms with Crippen LogP contribution in [0.25, 0.3) is 0 Å². The van der Waals surface area contributed by atoms with E-state index in [0.29, 0.717) is 0 Å². The van der Waals surface area contributed by atoms with E-state index in [1.807, 2.05) is 0 Å². The number of unbranched alkanes of at least 4 members (excludes halogenated alkanes) is 3. The molecule has 2 N–H and O–H groups in total. The highest BCUT2D eigenvalue weighted by molar-refractivity contribution is 5.59. The third kappa shape index (κ3) is 24.5. The number of ether oxygens (including phenoxy) is 1. The minimum Gasteiger partial charge on any atom is -0.427 e. The van der Waals surface area contributed by atoms with Crippen molar-refractivity contribution in [3.05, 3.63) is 0 Å². The highest BCUT2D eigenvalue weighted by atomic mass is 17.2. The summed E-state index contributed by atoms with van der Waals surface area (Å²) in [4.78, 5) is 20.1. The lowest BCUT2D eigenvalue weighted by atomic mass is 10.2. The number of carbonyl (C=O) groups excluding carboxylic acids is 1. The van der Waals surface area contributed by atoms with Gasteiger partial charge in [-0.15, -0.1) is 0 Å². The highest BCUT2D eigenvalue weighted by Crippen LogP contribution is 2.11. The normalized spacial score (nSPS) is 11.4. The van der Waals surface area contributed by atoms with E-state index >= 15 is 0 Å². The van der Waals surface area contributed by atoms with Gasteiger partial charge in [0.2, 0.25) is 0 Å². The van der Waals surface area contributed by atoms with Crippen LogP contribution >= 0.6 is 0 Å². The second-order valence-electron chi connectivity index (χ2n) is 6.60. The first-order valence-corrected chi connectivity index (χ1v) is 7.32. The van der Waals surface area contributed by atoms with Gasteiger partial charge in [-0.1, -0.05) is 12.8 Å². The molecular formula is C15H32O6. The second-order valence-corrected chi connectivity index (χ2v) is 6.60. The molecule has 0 aliphatic heterocycles. The Hall–Kier alpha value is -0.850. The number of rotatable bonds is 6. The molecule has 128 valence electrons. The van der Waals surface area contributed by atoms with Crippen molar-refractivity contribution < 1.29 is 29.5 Å². The molecule has 0 fully saturated rings. The first-order chi connectivity index (χ1) is 9.52. The molecule has 0 saturated carbocycles. The van der Waals surface area contributed by atoms with E-state index < -0.39 is 17.4 Å². The average Bonchev–Trinajstić information content (AvgIpc) is 2.30. The van der Waals surface area contributed by atoms with Gasteiger partial charge in [0, 0.05) is 13.2 Å². The SMILES string of the molecule is CC(C)(C)OOC(=O)OC(C)(C)C.OCCCCCCO. The number of hydrogen-bond donors (Lipinski definition) is 2. The van der Waals surface area contributed by atoms with Crippen LogP contribution in [0.1, 0.15) is 67.2 Å². The summed E-state index contributed by atoms with van der Waals surface area (Å²) in [6, 6.07) is 0. The van der Waals surface area contributed by atoms with Crippen molar-refractivity contribution in [1.82, 2.24) is 0 Å². The Kier molecular flexibility index (Phi) is 12.6. The van der Waals surface area contributed by atoms with E-state index in [2.05, 4.69) is 4.89 Å². The molecular weight excluding hydrogens is 276 g/mol. The smallest absolute Gasteiger partial charge is 0.427 e. The summed E-state index contributed by atoms with van der Waals surface area (Å²) >= 11 is 0. The van der Waals surface area contributed by atoms with Gasteiger partial charge in [0.25, 0.3) is 0 Å². The Morgan fingerprint density at radius 3 is 1.52 bits per heavy atom. The predicted molar refractivity (Wildman–Crippen MR) is 80.8 cm³/mol. The fraction of sp³-hybridized carbons (Fsp3) is 0.933. The van der Waals surface area contributed by atoms with Crippen molar-refractivity contribution >= 4 is 6.16 Å². The number of hydrogen-bond acceptors (Lipinski definition) is 6. The Bertz CT molecular complexity index is 246. The van der Waals surface area contributed by atoms with Gasteiger partial charge >= 0.3 is 6.16 Å². The van der Waals surface area contributed by atoms with E-state index in [4.69, 9.17) is 19.8 Å².